The number of ether oxygens (including phenoxy) is 1. The zero-order valence-corrected chi connectivity index (χ0v) is 19.8. The van der Waals surface area contributed by atoms with Crippen LogP contribution in [0.3, 0.4) is 0 Å². The van der Waals surface area contributed by atoms with Crippen LogP contribution >= 0.6 is 15.9 Å². The van der Waals surface area contributed by atoms with Gasteiger partial charge < -0.3 is 14.5 Å². The first-order valence-corrected chi connectivity index (χ1v) is 12.2. The average Bonchev–Trinajstić information content (AvgIpc) is 2.76. The number of amides is 1. The van der Waals surface area contributed by atoms with Gasteiger partial charge in [-0.1, -0.05) is 22.9 Å². The lowest BCUT2D eigenvalue weighted by molar-refractivity contribution is -0.132. The molecule has 162 valence electrons. The summed E-state index contributed by atoms with van der Waals surface area (Å²) in [6, 6.07) is 6.29. The molecule has 3 rings (SSSR count). The van der Waals surface area contributed by atoms with Gasteiger partial charge in [0.25, 0.3) is 0 Å². The van der Waals surface area contributed by atoms with E-state index in [4.69, 9.17) is 4.74 Å². The van der Waals surface area contributed by atoms with Crippen molar-refractivity contribution in [1.29, 1.82) is 0 Å². The Balaban J connectivity index is 1.35. The fraction of sp³-hybridized carbons (Fsp3) is 0.708. The maximum Gasteiger partial charge on any atom is 0.222 e. The van der Waals surface area contributed by atoms with Crippen molar-refractivity contribution in [3.8, 4) is 5.75 Å². The Hall–Kier alpha value is -1.07. The minimum Gasteiger partial charge on any atom is -0.497 e. The molecule has 0 radical (unpaired) electrons. The van der Waals surface area contributed by atoms with Gasteiger partial charge in [-0.25, -0.2) is 0 Å². The van der Waals surface area contributed by atoms with Crippen molar-refractivity contribution < 1.29 is 9.53 Å². The number of likely N-dealkylation sites (tertiary alicyclic amines) is 2. The van der Waals surface area contributed by atoms with Gasteiger partial charge in [-0.2, -0.15) is 0 Å². The standard InChI is InChI=1S/C24H37BrN2O2/c1-3-24(28)27-13-5-7-20(18-27)6-4-12-26-14-10-19(11-15-26)16-21-17-22(29-2)8-9-23(21)25/h8-9,17,19-20H,3-7,10-16,18H2,1-2H3. The highest BCUT2D eigenvalue weighted by molar-refractivity contribution is 9.10. The lowest BCUT2D eigenvalue weighted by atomic mass is 9.89. The summed E-state index contributed by atoms with van der Waals surface area (Å²) < 4.78 is 6.58. The highest BCUT2D eigenvalue weighted by atomic mass is 79.9. The molecule has 2 saturated heterocycles. The molecule has 1 aromatic rings. The number of carbonyl (C=O) groups is 1. The van der Waals surface area contributed by atoms with E-state index in [0.717, 1.165) is 31.2 Å². The maximum atomic E-state index is 12.0. The first-order chi connectivity index (χ1) is 14.1. The zero-order chi connectivity index (χ0) is 20.6. The molecule has 2 aliphatic rings. The van der Waals surface area contributed by atoms with E-state index in [2.05, 4.69) is 37.9 Å². The van der Waals surface area contributed by atoms with Crippen LogP contribution in [0.15, 0.2) is 22.7 Å². The molecule has 0 bridgehead atoms. The van der Waals surface area contributed by atoms with Gasteiger partial charge in [-0.3, -0.25) is 4.79 Å². The summed E-state index contributed by atoms with van der Waals surface area (Å²) in [5.74, 6) is 2.76. The molecule has 1 unspecified atom stereocenters. The predicted octanol–water partition coefficient (Wildman–Crippen LogP) is 5.14. The van der Waals surface area contributed by atoms with Crippen molar-refractivity contribution in [2.24, 2.45) is 11.8 Å². The number of methoxy groups -OCH3 is 1. The molecule has 1 atom stereocenters. The van der Waals surface area contributed by atoms with Gasteiger partial charge in [0.05, 0.1) is 7.11 Å². The molecule has 2 aliphatic heterocycles. The Morgan fingerprint density at radius 3 is 2.69 bits per heavy atom. The van der Waals surface area contributed by atoms with Crippen LogP contribution < -0.4 is 4.74 Å². The van der Waals surface area contributed by atoms with Crippen LogP contribution in [-0.4, -0.2) is 55.5 Å². The molecule has 2 fully saturated rings. The number of halogens is 1. The van der Waals surface area contributed by atoms with Gasteiger partial charge >= 0.3 is 0 Å². The topological polar surface area (TPSA) is 32.8 Å². The minimum absolute atomic E-state index is 0.333. The molecule has 0 N–H and O–H groups in total. The number of rotatable bonds is 8. The van der Waals surface area contributed by atoms with Crippen LogP contribution in [0.2, 0.25) is 0 Å². The fourth-order valence-electron chi connectivity index (χ4n) is 4.91. The van der Waals surface area contributed by atoms with E-state index in [9.17, 15) is 4.79 Å². The second-order valence-corrected chi connectivity index (χ2v) is 9.64. The zero-order valence-electron chi connectivity index (χ0n) is 18.2. The fourth-order valence-corrected chi connectivity index (χ4v) is 5.32. The lowest BCUT2D eigenvalue weighted by Crippen LogP contribution is -2.40. The Kier molecular flexibility index (Phi) is 8.85. The second-order valence-electron chi connectivity index (χ2n) is 8.79. The third kappa shape index (κ3) is 6.71. The molecule has 0 spiro atoms. The number of nitrogens with zero attached hydrogens (tertiary/aromatic N) is 2. The Morgan fingerprint density at radius 2 is 1.97 bits per heavy atom. The first kappa shape index (κ1) is 22.6. The van der Waals surface area contributed by atoms with E-state index < -0.39 is 0 Å². The van der Waals surface area contributed by atoms with Crippen LogP contribution in [0.25, 0.3) is 0 Å². The van der Waals surface area contributed by atoms with E-state index in [1.54, 1.807) is 7.11 Å². The Labute approximate surface area is 185 Å². The molecular weight excluding hydrogens is 428 g/mol. The molecule has 29 heavy (non-hydrogen) atoms. The van der Waals surface area contributed by atoms with Crippen LogP contribution in [0.4, 0.5) is 0 Å². The van der Waals surface area contributed by atoms with Crippen molar-refractivity contribution in [2.75, 3.05) is 39.8 Å². The van der Waals surface area contributed by atoms with Crippen molar-refractivity contribution in [3.63, 3.8) is 0 Å². The summed E-state index contributed by atoms with van der Waals surface area (Å²) in [5.41, 5.74) is 1.37. The van der Waals surface area contributed by atoms with Crippen LogP contribution in [0.1, 0.15) is 57.4 Å². The average molecular weight is 465 g/mol. The number of piperidine rings is 2. The molecule has 2 heterocycles. The summed E-state index contributed by atoms with van der Waals surface area (Å²) in [6.45, 7) is 7.59. The molecule has 0 saturated carbocycles. The molecular formula is C24H37BrN2O2. The highest BCUT2D eigenvalue weighted by Crippen LogP contribution is 2.29. The molecule has 1 amide bonds. The van der Waals surface area contributed by atoms with E-state index >= 15 is 0 Å². The molecule has 1 aromatic carbocycles. The third-order valence-electron chi connectivity index (χ3n) is 6.73. The lowest BCUT2D eigenvalue weighted by Gasteiger charge is -2.34. The Bertz CT molecular complexity index is 658. The van der Waals surface area contributed by atoms with Gasteiger partial charge in [-0.05, 0) is 100 Å². The van der Waals surface area contributed by atoms with Crippen molar-refractivity contribution >= 4 is 21.8 Å². The monoisotopic (exact) mass is 464 g/mol. The van der Waals surface area contributed by atoms with Gasteiger partial charge in [-0.15, -0.1) is 0 Å². The normalized spacial score (nSPS) is 21.3. The SMILES string of the molecule is CCC(=O)N1CCCC(CCCN2CCC(Cc3cc(OC)ccc3Br)CC2)C1. The van der Waals surface area contributed by atoms with Crippen molar-refractivity contribution in [2.45, 2.75) is 58.3 Å². The second kappa shape index (κ2) is 11.4. The summed E-state index contributed by atoms with van der Waals surface area (Å²) in [5, 5.41) is 0. The number of carbonyl (C=O) groups excluding carboxylic acids is 1. The summed E-state index contributed by atoms with van der Waals surface area (Å²) >= 11 is 3.70. The van der Waals surface area contributed by atoms with Gasteiger partial charge in [0.2, 0.25) is 5.91 Å². The molecule has 5 heteroatoms. The molecule has 4 nitrogen and oxygen atoms in total. The first-order valence-electron chi connectivity index (χ1n) is 11.4. The van der Waals surface area contributed by atoms with E-state index in [1.165, 1.54) is 68.2 Å². The van der Waals surface area contributed by atoms with Gasteiger partial charge in [0.1, 0.15) is 5.75 Å². The number of benzene rings is 1. The number of hydrogen-bond donors (Lipinski definition) is 0. The summed E-state index contributed by atoms with van der Waals surface area (Å²) in [6.07, 6.45) is 9.36. The van der Waals surface area contributed by atoms with Crippen LogP contribution in [-0.2, 0) is 11.2 Å². The van der Waals surface area contributed by atoms with E-state index in [-0.39, 0.29) is 0 Å². The summed E-state index contributed by atoms with van der Waals surface area (Å²) in [4.78, 5) is 16.7. The number of hydrogen-bond acceptors (Lipinski definition) is 3. The van der Waals surface area contributed by atoms with Crippen molar-refractivity contribution in [3.05, 3.63) is 28.2 Å². The highest BCUT2D eigenvalue weighted by Gasteiger charge is 2.24. The molecule has 0 aliphatic carbocycles. The smallest absolute Gasteiger partial charge is 0.222 e. The van der Waals surface area contributed by atoms with E-state index in [0.29, 0.717) is 18.2 Å². The van der Waals surface area contributed by atoms with Gasteiger partial charge in [0.15, 0.2) is 0 Å². The Morgan fingerprint density at radius 1 is 1.17 bits per heavy atom. The molecule has 0 aromatic heterocycles. The van der Waals surface area contributed by atoms with Crippen LogP contribution in [0, 0.1) is 11.8 Å². The third-order valence-corrected chi connectivity index (χ3v) is 7.50. The quantitative estimate of drug-likeness (QED) is 0.533. The largest absolute Gasteiger partial charge is 0.497 e. The van der Waals surface area contributed by atoms with Gasteiger partial charge in [0, 0.05) is 24.0 Å². The minimum atomic E-state index is 0.333. The maximum absolute atomic E-state index is 12.0. The van der Waals surface area contributed by atoms with E-state index in [1.807, 2.05) is 13.0 Å². The van der Waals surface area contributed by atoms with Crippen molar-refractivity contribution in [1.82, 2.24) is 9.80 Å². The van der Waals surface area contributed by atoms with Crippen LogP contribution in [0.5, 0.6) is 5.75 Å². The summed E-state index contributed by atoms with van der Waals surface area (Å²) in [7, 11) is 1.73. The predicted molar refractivity (Wildman–Crippen MR) is 122 cm³/mol.